The van der Waals surface area contributed by atoms with E-state index in [0.29, 0.717) is 54.1 Å². The van der Waals surface area contributed by atoms with E-state index in [4.69, 9.17) is 28.9 Å². The summed E-state index contributed by atoms with van der Waals surface area (Å²) >= 11 is 12.8. The summed E-state index contributed by atoms with van der Waals surface area (Å²) in [5.41, 5.74) is 9.74. The van der Waals surface area contributed by atoms with Gasteiger partial charge in [0.05, 0.1) is 23.2 Å². The standard InChI is InChI=1S/C23H26Cl2N6O/c1-5-30(6-2)18(32)10-8-7-9-16-12-31(22-19(16)21(25)28-23(26)29-22)13-17-15(4)20(24)14(3)11-27-17/h11-12H,5-6,8,10,13H2,1-4H3,(H2,26,28,29). The molecular weight excluding hydrogens is 447 g/mol. The number of nitrogens with zero attached hydrogens (tertiary/aromatic N) is 5. The Morgan fingerprint density at radius 2 is 1.94 bits per heavy atom. The van der Waals surface area contributed by atoms with Crippen molar-refractivity contribution in [2.75, 3.05) is 18.8 Å². The molecule has 0 aliphatic heterocycles. The van der Waals surface area contributed by atoms with Gasteiger partial charge in [-0.3, -0.25) is 9.78 Å². The second-order valence-electron chi connectivity index (χ2n) is 7.44. The van der Waals surface area contributed by atoms with Crippen molar-refractivity contribution in [1.29, 1.82) is 0 Å². The van der Waals surface area contributed by atoms with Crippen molar-refractivity contribution in [3.63, 3.8) is 0 Å². The monoisotopic (exact) mass is 472 g/mol. The van der Waals surface area contributed by atoms with Crippen molar-refractivity contribution in [2.45, 2.75) is 47.1 Å². The van der Waals surface area contributed by atoms with Gasteiger partial charge >= 0.3 is 0 Å². The third kappa shape index (κ3) is 4.98. The maximum atomic E-state index is 12.2. The molecule has 2 N–H and O–H groups in total. The summed E-state index contributed by atoms with van der Waals surface area (Å²) in [5, 5.41) is 1.55. The lowest BCUT2D eigenvalue weighted by molar-refractivity contribution is -0.130. The molecule has 3 heterocycles. The van der Waals surface area contributed by atoms with Crippen LogP contribution in [0.1, 0.15) is 49.1 Å². The number of fused-ring (bicyclic) bond motifs is 1. The molecule has 0 aliphatic rings. The summed E-state index contributed by atoms with van der Waals surface area (Å²) in [6.07, 6.45) is 4.43. The second kappa shape index (κ2) is 10.2. The Morgan fingerprint density at radius 3 is 2.62 bits per heavy atom. The number of amides is 1. The van der Waals surface area contributed by atoms with Crippen molar-refractivity contribution >= 4 is 46.1 Å². The lowest BCUT2D eigenvalue weighted by Crippen LogP contribution is -2.30. The molecular formula is C23H26Cl2N6O. The minimum absolute atomic E-state index is 0.0813. The van der Waals surface area contributed by atoms with Crippen LogP contribution in [0.4, 0.5) is 5.95 Å². The first-order valence-electron chi connectivity index (χ1n) is 10.5. The molecule has 3 aromatic heterocycles. The van der Waals surface area contributed by atoms with E-state index in [0.717, 1.165) is 16.8 Å². The molecule has 32 heavy (non-hydrogen) atoms. The summed E-state index contributed by atoms with van der Waals surface area (Å²) in [5.74, 6) is 6.39. The van der Waals surface area contributed by atoms with Gasteiger partial charge in [0.15, 0.2) is 0 Å². The first kappa shape index (κ1) is 23.8. The fourth-order valence-corrected chi connectivity index (χ4v) is 3.94. The zero-order valence-corrected chi connectivity index (χ0v) is 20.2. The Kier molecular flexibility index (Phi) is 7.60. The van der Waals surface area contributed by atoms with Gasteiger partial charge in [0.2, 0.25) is 11.9 Å². The summed E-state index contributed by atoms with van der Waals surface area (Å²) in [4.78, 5) is 27.0. The zero-order chi connectivity index (χ0) is 23.4. The number of aromatic nitrogens is 4. The van der Waals surface area contributed by atoms with Crippen LogP contribution in [0.5, 0.6) is 0 Å². The Hall–Kier alpha value is -2.82. The quantitative estimate of drug-likeness (QED) is 0.424. The van der Waals surface area contributed by atoms with Crippen LogP contribution in [-0.4, -0.2) is 43.4 Å². The van der Waals surface area contributed by atoms with Crippen LogP contribution >= 0.6 is 23.2 Å². The van der Waals surface area contributed by atoms with Crippen molar-refractivity contribution < 1.29 is 4.79 Å². The predicted molar refractivity (Wildman–Crippen MR) is 129 cm³/mol. The Bertz CT molecular complexity index is 1220. The topological polar surface area (TPSA) is 89.9 Å². The average Bonchev–Trinajstić information content (AvgIpc) is 3.10. The van der Waals surface area contributed by atoms with Crippen molar-refractivity contribution in [2.24, 2.45) is 0 Å². The molecule has 0 saturated carbocycles. The molecule has 0 fully saturated rings. The number of nitrogens with two attached hydrogens (primary N) is 1. The molecule has 0 spiro atoms. The largest absolute Gasteiger partial charge is 0.368 e. The first-order valence-corrected chi connectivity index (χ1v) is 11.2. The number of carbonyl (C=O) groups excluding carboxylic acids is 1. The van der Waals surface area contributed by atoms with Crippen LogP contribution in [0.15, 0.2) is 12.4 Å². The van der Waals surface area contributed by atoms with Gasteiger partial charge in [-0.2, -0.15) is 4.98 Å². The number of nitrogen functional groups attached to an aromatic ring is 1. The first-order chi connectivity index (χ1) is 15.3. The Balaban J connectivity index is 1.94. The van der Waals surface area contributed by atoms with Crippen LogP contribution in [0, 0.1) is 25.7 Å². The summed E-state index contributed by atoms with van der Waals surface area (Å²) in [6.45, 7) is 9.61. The predicted octanol–water partition coefficient (Wildman–Crippen LogP) is 4.38. The maximum Gasteiger partial charge on any atom is 0.223 e. The number of aryl methyl sites for hydroxylation is 1. The molecule has 0 atom stereocenters. The highest BCUT2D eigenvalue weighted by molar-refractivity contribution is 6.34. The summed E-state index contributed by atoms with van der Waals surface area (Å²) in [6, 6.07) is 0. The van der Waals surface area contributed by atoms with E-state index in [1.165, 1.54) is 0 Å². The Labute approximate surface area is 197 Å². The van der Waals surface area contributed by atoms with E-state index >= 15 is 0 Å². The van der Waals surface area contributed by atoms with Gasteiger partial charge in [-0.05, 0) is 38.8 Å². The Morgan fingerprint density at radius 1 is 1.22 bits per heavy atom. The summed E-state index contributed by atoms with van der Waals surface area (Å²) < 4.78 is 1.89. The molecule has 0 radical (unpaired) electrons. The van der Waals surface area contributed by atoms with Gasteiger partial charge in [0, 0.05) is 43.3 Å². The lowest BCUT2D eigenvalue weighted by atomic mass is 10.1. The molecule has 0 bridgehead atoms. The molecule has 0 aromatic carbocycles. The number of hydrogen-bond donors (Lipinski definition) is 1. The SMILES string of the molecule is CCN(CC)C(=O)CCC#Cc1cn(Cc2ncc(C)c(Cl)c2C)c2nc(N)nc(Cl)c12. The number of pyridine rings is 1. The van der Waals surface area contributed by atoms with E-state index in [2.05, 4.69) is 26.8 Å². The highest BCUT2D eigenvalue weighted by atomic mass is 35.5. The molecule has 9 heteroatoms. The van der Waals surface area contributed by atoms with Gasteiger partial charge in [-0.15, -0.1) is 0 Å². The minimum Gasteiger partial charge on any atom is -0.368 e. The fraction of sp³-hybridized carbons (Fsp3) is 0.391. The van der Waals surface area contributed by atoms with Gasteiger partial charge in [0.25, 0.3) is 0 Å². The molecule has 3 rings (SSSR count). The fourth-order valence-electron chi connectivity index (χ4n) is 3.51. The van der Waals surface area contributed by atoms with Crippen LogP contribution in [-0.2, 0) is 11.3 Å². The van der Waals surface area contributed by atoms with Crippen molar-refractivity contribution in [3.05, 3.63) is 45.0 Å². The van der Waals surface area contributed by atoms with Crippen LogP contribution < -0.4 is 5.73 Å². The van der Waals surface area contributed by atoms with E-state index < -0.39 is 0 Å². The number of carbonyl (C=O) groups is 1. The van der Waals surface area contributed by atoms with Gasteiger partial charge in [0.1, 0.15) is 10.8 Å². The van der Waals surface area contributed by atoms with Crippen LogP contribution in [0.3, 0.4) is 0 Å². The average molecular weight is 473 g/mol. The number of hydrogen-bond acceptors (Lipinski definition) is 5. The van der Waals surface area contributed by atoms with E-state index in [1.54, 1.807) is 11.1 Å². The molecule has 1 amide bonds. The lowest BCUT2D eigenvalue weighted by Gasteiger charge is -2.17. The van der Waals surface area contributed by atoms with E-state index in [-0.39, 0.29) is 17.0 Å². The number of rotatable bonds is 6. The van der Waals surface area contributed by atoms with Gasteiger partial charge < -0.3 is 15.2 Å². The molecule has 0 aliphatic carbocycles. The molecule has 168 valence electrons. The molecule has 3 aromatic rings. The third-order valence-corrected chi connectivity index (χ3v) is 6.19. The van der Waals surface area contributed by atoms with Gasteiger partial charge in [-0.25, -0.2) is 4.98 Å². The zero-order valence-electron chi connectivity index (χ0n) is 18.7. The van der Waals surface area contributed by atoms with E-state index in [1.807, 2.05) is 38.5 Å². The second-order valence-corrected chi connectivity index (χ2v) is 8.17. The molecule has 0 saturated heterocycles. The highest BCUT2D eigenvalue weighted by Crippen LogP contribution is 2.28. The number of anilines is 1. The molecule has 7 nitrogen and oxygen atoms in total. The third-order valence-electron chi connectivity index (χ3n) is 5.33. The van der Waals surface area contributed by atoms with Crippen molar-refractivity contribution in [3.8, 4) is 11.8 Å². The van der Waals surface area contributed by atoms with Gasteiger partial charge in [-0.1, -0.05) is 35.0 Å². The summed E-state index contributed by atoms with van der Waals surface area (Å²) in [7, 11) is 0. The normalized spacial score (nSPS) is 10.8. The van der Waals surface area contributed by atoms with Crippen LogP contribution in [0.2, 0.25) is 10.2 Å². The smallest absolute Gasteiger partial charge is 0.223 e. The minimum atomic E-state index is 0.0813. The highest BCUT2D eigenvalue weighted by Gasteiger charge is 2.17. The number of halogens is 2. The van der Waals surface area contributed by atoms with Crippen molar-refractivity contribution in [1.82, 2.24) is 24.4 Å². The molecule has 0 unspecified atom stereocenters. The maximum absolute atomic E-state index is 12.2. The van der Waals surface area contributed by atoms with E-state index in [9.17, 15) is 4.79 Å². The van der Waals surface area contributed by atoms with Crippen LogP contribution in [0.25, 0.3) is 11.0 Å².